The molecule has 1 aromatic rings. The van der Waals surface area contributed by atoms with Crippen LogP contribution in [0, 0.1) is 11.3 Å². The Balaban J connectivity index is 2.60. The molecule has 0 aliphatic rings. The molecule has 0 bridgehead atoms. The summed E-state index contributed by atoms with van der Waals surface area (Å²) >= 11 is 0. The van der Waals surface area contributed by atoms with E-state index in [0.717, 1.165) is 5.56 Å². The lowest BCUT2D eigenvalue weighted by atomic mass is 10.2. The van der Waals surface area contributed by atoms with Crippen molar-refractivity contribution in [2.24, 2.45) is 0 Å². The van der Waals surface area contributed by atoms with Crippen molar-refractivity contribution in [3.05, 3.63) is 23.9 Å². The molecule has 0 radical (unpaired) electrons. The van der Waals surface area contributed by atoms with Gasteiger partial charge in [0.1, 0.15) is 5.82 Å². The van der Waals surface area contributed by atoms with Crippen molar-refractivity contribution in [1.29, 1.82) is 5.26 Å². The fourth-order valence-corrected chi connectivity index (χ4v) is 1.00. The first kappa shape index (κ1) is 10.5. The van der Waals surface area contributed by atoms with Gasteiger partial charge < -0.3 is 10.4 Å². The lowest BCUT2D eigenvalue weighted by Crippen LogP contribution is -2.19. The van der Waals surface area contributed by atoms with Crippen LogP contribution in [0.1, 0.15) is 12.5 Å². The summed E-state index contributed by atoms with van der Waals surface area (Å²) in [5, 5.41) is 20.3. The zero-order chi connectivity index (χ0) is 10.4. The van der Waals surface area contributed by atoms with E-state index in [0.29, 0.717) is 12.2 Å². The molecule has 0 saturated heterocycles. The number of aliphatic hydroxyl groups excluding tert-OH is 1. The van der Waals surface area contributed by atoms with Gasteiger partial charge in [0.05, 0.1) is 19.1 Å². The summed E-state index contributed by atoms with van der Waals surface area (Å²) in [6.07, 6.45) is 2.04. The van der Waals surface area contributed by atoms with Gasteiger partial charge in [-0.1, -0.05) is 6.07 Å². The van der Waals surface area contributed by atoms with E-state index in [9.17, 15) is 0 Å². The zero-order valence-electron chi connectivity index (χ0n) is 8.07. The Morgan fingerprint density at radius 2 is 2.43 bits per heavy atom. The lowest BCUT2D eigenvalue weighted by Gasteiger charge is -2.10. The summed E-state index contributed by atoms with van der Waals surface area (Å²) in [5.41, 5.74) is 0.898. The molecule has 74 valence electrons. The molecule has 1 rings (SSSR count). The molecule has 0 spiro atoms. The van der Waals surface area contributed by atoms with Gasteiger partial charge in [-0.25, -0.2) is 4.98 Å². The molecule has 4 nitrogen and oxygen atoms in total. The Morgan fingerprint density at radius 3 is 2.93 bits per heavy atom. The van der Waals surface area contributed by atoms with Gasteiger partial charge in [0.15, 0.2) is 0 Å². The maximum Gasteiger partial charge on any atom is 0.126 e. The number of pyridine rings is 1. The first-order valence-electron chi connectivity index (χ1n) is 4.45. The minimum absolute atomic E-state index is 0.00989. The zero-order valence-corrected chi connectivity index (χ0v) is 8.07. The number of aromatic nitrogens is 1. The van der Waals surface area contributed by atoms with E-state index in [-0.39, 0.29) is 12.6 Å². The molecular weight excluding hydrogens is 178 g/mol. The summed E-state index contributed by atoms with van der Waals surface area (Å²) in [5.74, 6) is 0.716. The summed E-state index contributed by atoms with van der Waals surface area (Å²) in [4.78, 5) is 4.11. The largest absolute Gasteiger partial charge is 0.394 e. The molecule has 0 fully saturated rings. The maximum atomic E-state index is 8.80. The number of anilines is 1. The summed E-state index contributed by atoms with van der Waals surface area (Å²) in [6, 6.07) is 5.70. The first-order chi connectivity index (χ1) is 6.76. The van der Waals surface area contributed by atoms with E-state index in [1.165, 1.54) is 0 Å². The molecule has 0 aliphatic carbocycles. The van der Waals surface area contributed by atoms with E-state index in [4.69, 9.17) is 10.4 Å². The van der Waals surface area contributed by atoms with E-state index < -0.39 is 0 Å². The van der Waals surface area contributed by atoms with Gasteiger partial charge in [0.2, 0.25) is 0 Å². The average molecular weight is 191 g/mol. The van der Waals surface area contributed by atoms with Gasteiger partial charge in [0.25, 0.3) is 0 Å². The van der Waals surface area contributed by atoms with Crippen molar-refractivity contribution in [2.75, 3.05) is 11.9 Å². The van der Waals surface area contributed by atoms with Crippen LogP contribution in [0.2, 0.25) is 0 Å². The number of aliphatic hydroxyl groups is 1. The fourth-order valence-electron chi connectivity index (χ4n) is 1.00. The number of nitriles is 1. The summed E-state index contributed by atoms with van der Waals surface area (Å²) < 4.78 is 0. The molecule has 4 heteroatoms. The van der Waals surface area contributed by atoms with Crippen molar-refractivity contribution in [3.8, 4) is 6.07 Å². The second kappa shape index (κ2) is 5.20. The van der Waals surface area contributed by atoms with Gasteiger partial charge in [-0.3, -0.25) is 0 Å². The summed E-state index contributed by atoms with van der Waals surface area (Å²) in [7, 11) is 0. The molecular formula is C10H13N3O. The Hall–Kier alpha value is -1.60. The van der Waals surface area contributed by atoms with E-state index in [1.807, 2.05) is 13.0 Å². The minimum atomic E-state index is -0.00989. The predicted molar refractivity (Wildman–Crippen MR) is 53.7 cm³/mol. The average Bonchev–Trinajstić information content (AvgIpc) is 2.21. The van der Waals surface area contributed by atoms with Gasteiger partial charge >= 0.3 is 0 Å². The highest BCUT2D eigenvalue weighted by molar-refractivity contribution is 5.36. The van der Waals surface area contributed by atoms with Crippen molar-refractivity contribution in [2.45, 2.75) is 19.4 Å². The lowest BCUT2D eigenvalue weighted by molar-refractivity contribution is 0.281. The van der Waals surface area contributed by atoms with Crippen LogP contribution in [0.25, 0.3) is 0 Å². The topological polar surface area (TPSA) is 68.9 Å². The smallest absolute Gasteiger partial charge is 0.126 e. The normalized spacial score (nSPS) is 11.8. The first-order valence-corrected chi connectivity index (χ1v) is 4.45. The molecule has 0 aromatic carbocycles. The van der Waals surface area contributed by atoms with Crippen LogP contribution in [-0.4, -0.2) is 22.7 Å². The molecule has 1 heterocycles. The van der Waals surface area contributed by atoms with Crippen LogP contribution in [-0.2, 0) is 6.42 Å². The molecule has 1 unspecified atom stereocenters. The van der Waals surface area contributed by atoms with Crippen LogP contribution in [0.15, 0.2) is 18.3 Å². The quantitative estimate of drug-likeness (QED) is 0.743. The highest BCUT2D eigenvalue weighted by Crippen LogP contribution is 2.06. The van der Waals surface area contributed by atoms with Crippen LogP contribution in [0.5, 0.6) is 0 Å². The number of nitrogens with zero attached hydrogens (tertiary/aromatic N) is 2. The molecule has 0 aliphatic heterocycles. The van der Waals surface area contributed by atoms with Gasteiger partial charge in [0, 0.05) is 12.2 Å². The predicted octanol–water partition coefficient (Wildman–Crippen LogP) is 0.940. The Labute approximate surface area is 83.2 Å². The molecule has 1 aromatic heterocycles. The molecule has 2 N–H and O–H groups in total. The summed E-state index contributed by atoms with van der Waals surface area (Å²) in [6.45, 7) is 1.94. The van der Waals surface area contributed by atoms with Gasteiger partial charge in [-0.15, -0.1) is 0 Å². The third kappa shape index (κ3) is 3.04. The highest BCUT2D eigenvalue weighted by atomic mass is 16.3. The third-order valence-electron chi connectivity index (χ3n) is 1.78. The van der Waals surface area contributed by atoms with Crippen molar-refractivity contribution in [1.82, 2.24) is 4.98 Å². The van der Waals surface area contributed by atoms with Crippen molar-refractivity contribution >= 4 is 5.82 Å². The monoisotopic (exact) mass is 191 g/mol. The SMILES string of the molecule is CC(CO)Nc1ccc(CC#N)cn1. The number of hydrogen-bond donors (Lipinski definition) is 2. The van der Waals surface area contributed by atoms with E-state index >= 15 is 0 Å². The third-order valence-corrected chi connectivity index (χ3v) is 1.78. The fraction of sp³-hybridized carbons (Fsp3) is 0.400. The Morgan fingerprint density at radius 1 is 1.64 bits per heavy atom. The second-order valence-corrected chi connectivity index (χ2v) is 3.11. The van der Waals surface area contributed by atoms with Crippen LogP contribution in [0.4, 0.5) is 5.82 Å². The molecule has 14 heavy (non-hydrogen) atoms. The standard InChI is InChI=1S/C10H13N3O/c1-8(7-14)13-10-3-2-9(4-5-11)6-12-10/h2-3,6,8,14H,4,7H2,1H3,(H,12,13). The molecule has 0 saturated carbocycles. The Kier molecular flexibility index (Phi) is 3.89. The van der Waals surface area contributed by atoms with Gasteiger partial charge in [-0.2, -0.15) is 5.26 Å². The highest BCUT2D eigenvalue weighted by Gasteiger charge is 2.00. The maximum absolute atomic E-state index is 8.80. The second-order valence-electron chi connectivity index (χ2n) is 3.11. The van der Waals surface area contributed by atoms with E-state index in [2.05, 4.69) is 16.4 Å². The van der Waals surface area contributed by atoms with Crippen LogP contribution in [0.3, 0.4) is 0 Å². The van der Waals surface area contributed by atoms with Crippen LogP contribution < -0.4 is 5.32 Å². The van der Waals surface area contributed by atoms with Gasteiger partial charge in [-0.05, 0) is 18.6 Å². The van der Waals surface area contributed by atoms with Crippen molar-refractivity contribution < 1.29 is 5.11 Å². The Bertz CT molecular complexity index is 315. The number of nitrogens with one attached hydrogen (secondary N) is 1. The molecule has 0 amide bonds. The van der Waals surface area contributed by atoms with E-state index in [1.54, 1.807) is 12.3 Å². The minimum Gasteiger partial charge on any atom is -0.394 e. The number of rotatable bonds is 4. The molecule has 1 atom stereocenters. The van der Waals surface area contributed by atoms with Crippen LogP contribution >= 0.6 is 0 Å². The number of hydrogen-bond acceptors (Lipinski definition) is 4. The van der Waals surface area contributed by atoms with Crippen molar-refractivity contribution in [3.63, 3.8) is 0 Å².